The Hall–Kier alpha value is -1.87. The topological polar surface area (TPSA) is 82.8 Å². The lowest BCUT2D eigenvalue weighted by Gasteiger charge is -2.11. The summed E-state index contributed by atoms with van der Waals surface area (Å²) in [6.07, 6.45) is 0.866. The molecule has 1 rings (SSSR count). The highest BCUT2D eigenvalue weighted by atomic mass is 32.2. The fraction of sp³-hybridized carbons (Fsp3) is 0.467. The molecule has 1 amide bonds. The Morgan fingerprint density at radius 1 is 1.52 bits per heavy atom. The van der Waals surface area contributed by atoms with E-state index in [0.29, 0.717) is 21.8 Å². The van der Waals surface area contributed by atoms with Crippen LogP contribution < -0.4 is 5.32 Å². The van der Waals surface area contributed by atoms with Crippen molar-refractivity contribution in [3.63, 3.8) is 0 Å². The number of nitrogens with zero attached hydrogens (tertiary/aromatic N) is 2. The second kappa shape index (κ2) is 7.79. The van der Waals surface area contributed by atoms with E-state index >= 15 is 0 Å². The van der Waals surface area contributed by atoms with Gasteiger partial charge in [-0.2, -0.15) is 5.26 Å². The van der Waals surface area contributed by atoms with Crippen molar-refractivity contribution in [1.29, 1.82) is 5.26 Å². The minimum atomic E-state index is -0.123. The lowest BCUT2D eigenvalue weighted by molar-refractivity contribution is -0.119. The number of thioether (sulfide) groups is 1. The van der Waals surface area contributed by atoms with E-state index in [4.69, 9.17) is 5.26 Å². The van der Waals surface area contributed by atoms with Gasteiger partial charge in [0, 0.05) is 17.3 Å². The Labute approximate surface area is 129 Å². The fourth-order valence-corrected chi connectivity index (χ4v) is 2.49. The summed E-state index contributed by atoms with van der Waals surface area (Å²) in [6.45, 7) is 7.10. The lowest BCUT2D eigenvalue weighted by Crippen LogP contribution is -2.33. The molecular formula is C15H19N3O2S. The van der Waals surface area contributed by atoms with Gasteiger partial charge in [-0.3, -0.25) is 9.59 Å². The highest BCUT2D eigenvalue weighted by molar-refractivity contribution is 8.00. The lowest BCUT2D eigenvalue weighted by atomic mass is 10.1. The average molecular weight is 305 g/mol. The molecule has 1 aromatic rings. The van der Waals surface area contributed by atoms with Crippen molar-refractivity contribution >= 4 is 23.5 Å². The Balaban J connectivity index is 2.85. The number of pyridine rings is 1. The highest BCUT2D eigenvalue weighted by Gasteiger charge is 2.14. The van der Waals surface area contributed by atoms with E-state index in [1.165, 1.54) is 18.7 Å². The summed E-state index contributed by atoms with van der Waals surface area (Å²) in [5.74, 6) is -0.0128. The molecule has 0 aliphatic carbocycles. The molecule has 6 heteroatoms. The van der Waals surface area contributed by atoms with Gasteiger partial charge in [0.05, 0.1) is 11.3 Å². The molecule has 5 nitrogen and oxygen atoms in total. The van der Waals surface area contributed by atoms with E-state index in [1.807, 2.05) is 19.9 Å². The normalized spacial score (nSPS) is 11.6. The fourth-order valence-electron chi connectivity index (χ4n) is 1.68. The maximum atomic E-state index is 11.7. The van der Waals surface area contributed by atoms with E-state index in [2.05, 4.69) is 10.3 Å². The molecule has 1 heterocycles. The van der Waals surface area contributed by atoms with Crippen LogP contribution in [0.15, 0.2) is 11.1 Å². The summed E-state index contributed by atoms with van der Waals surface area (Å²) in [5, 5.41) is 12.5. The van der Waals surface area contributed by atoms with E-state index in [1.54, 1.807) is 13.0 Å². The van der Waals surface area contributed by atoms with Gasteiger partial charge in [-0.05, 0) is 33.3 Å². The van der Waals surface area contributed by atoms with Crippen molar-refractivity contribution in [3.05, 3.63) is 22.9 Å². The molecule has 21 heavy (non-hydrogen) atoms. The summed E-state index contributed by atoms with van der Waals surface area (Å²) in [5.41, 5.74) is 1.35. The number of ketones is 1. The first-order valence-electron chi connectivity index (χ1n) is 6.73. The predicted molar refractivity (Wildman–Crippen MR) is 82.3 cm³/mol. The number of hydrogen-bond donors (Lipinski definition) is 1. The van der Waals surface area contributed by atoms with Crippen molar-refractivity contribution in [2.24, 2.45) is 0 Å². The molecule has 112 valence electrons. The summed E-state index contributed by atoms with van der Waals surface area (Å²) in [7, 11) is 0. The van der Waals surface area contributed by atoms with Crippen LogP contribution in [-0.2, 0) is 4.79 Å². The van der Waals surface area contributed by atoms with Crippen molar-refractivity contribution in [2.75, 3.05) is 5.75 Å². The monoisotopic (exact) mass is 305 g/mol. The highest BCUT2D eigenvalue weighted by Crippen LogP contribution is 2.23. The van der Waals surface area contributed by atoms with Crippen molar-refractivity contribution in [2.45, 2.75) is 45.2 Å². The number of carbonyl (C=O) groups is 2. The van der Waals surface area contributed by atoms with Gasteiger partial charge >= 0.3 is 0 Å². The standard InChI is InChI=1S/C15H19N3O2S/c1-5-9(2)17-14(20)8-21-15-12(7-16)6-13(11(4)19)10(3)18-15/h6,9H,5,8H2,1-4H3,(H,17,20). The van der Waals surface area contributed by atoms with Gasteiger partial charge in [0.25, 0.3) is 0 Å². The van der Waals surface area contributed by atoms with Crippen LogP contribution in [0.2, 0.25) is 0 Å². The first kappa shape index (κ1) is 17.2. The molecule has 1 atom stereocenters. The molecule has 0 spiro atoms. The van der Waals surface area contributed by atoms with Crippen LogP contribution in [0, 0.1) is 18.3 Å². The zero-order valence-corrected chi connectivity index (χ0v) is 13.5. The number of amides is 1. The molecule has 0 aliphatic rings. The Kier molecular flexibility index (Phi) is 6.38. The minimum Gasteiger partial charge on any atom is -0.353 e. The molecule has 0 saturated heterocycles. The largest absolute Gasteiger partial charge is 0.353 e. The molecule has 1 unspecified atom stereocenters. The summed E-state index contributed by atoms with van der Waals surface area (Å²) < 4.78 is 0. The van der Waals surface area contributed by atoms with E-state index in [9.17, 15) is 9.59 Å². The second-order valence-electron chi connectivity index (χ2n) is 4.81. The summed E-state index contributed by atoms with van der Waals surface area (Å²) >= 11 is 1.21. The van der Waals surface area contributed by atoms with Gasteiger partial charge < -0.3 is 5.32 Å². The minimum absolute atomic E-state index is 0.0895. The number of rotatable bonds is 6. The molecule has 0 radical (unpaired) electrons. The summed E-state index contributed by atoms with van der Waals surface area (Å²) in [6, 6.07) is 3.70. The van der Waals surface area contributed by atoms with Crippen LogP contribution in [0.4, 0.5) is 0 Å². The van der Waals surface area contributed by atoms with E-state index < -0.39 is 0 Å². The van der Waals surface area contributed by atoms with Crippen molar-refractivity contribution in [1.82, 2.24) is 10.3 Å². The molecule has 1 aromatic heterocycles. The quantitative estimate of drug-likeness (QED) is 0.645. The molecule has 0 bridgehead atoms. The van der Waals surface area contributed by atoms with Crippen molar-refractivity contribution < 1.29 is 9.59 Å². The third kappa shape index (κ3) is 4.87. The van der Waals surface area contributed by atoms with Gasteiger partial charge in [0.15, 0.2) is 5.78 Å². The first-order valence-corrected chi connectivity index (χ1v) is 7.72. The molecule has 1 N–H and O–H groups in total. The molecular weight excluding hydrogens is 286 g/mol. The van der Waals surface area contributed by atoms with Gasteiger partial charge in [-0.15, -0.1) is 0 Å². The Morgan fingerprint density at radius 3 is 2.71 bits per heavy atom. The van der Waals surface area contributed by atoms with Crippen LogP contribution >= 0.6 is 11.8 Å². The molecule has 0 aliphatic heterocycles. The Morgan fingerprint density at radius 2 is 2.19 bits per heavy atom. The maximum Gasteiger partial charge on any atom is 0.230 e. The third-order valence-corrected chi connectivity index (χ3v) is 4.03. The number of Topliss-reactive ketones (excluding diaryl/α,β-unsaturated/α-hetero) is 1. The van der Waals surface area contributed by atoms with E-state index in [0.717, 1.165) is 6.42 Å². The zero-order valence-electron chi connectivity index (χ0n) is 12.7. The Bertz CT molecular complexity index is 593. The van der Waals surface area contributed by atoms with Crippen LogP contribution in [-0.4, -0.2) is 28.5 Å². The number of aromatic nitrogens is 1. The number of nitriles is 1. The maximum absolute atomic E-state index is 11.7. The average Bonchev–Trinajstić information content (AvgIpc) is 2.44. The van der Waals surface area contributed by atoms with Crippen LogP contribution in [0.25, 0.3) is 0 Å². The number of aryl methyl sites for hydroxylation is 1. The smallest absolute Gasteiger partial charge is 0.230 e. The van der Waals surface area contributed by atoms with Crippen LogP contribution in [0.1, 0.15) is 48.8 Å². The third-order valence-electron chi connectivity index (χ3n) is 3.04. The molecule has 0 fully saturated rings. The molecule has 0 saturated carbocycles. The van der Waals surface area contributed by atoms with Crippen molar-refractivity contribution in [3.8, 4) is 6.07 Å². The zero-order chi connectivity index (χ0) is 16.0. The first-order chi connectivity index (χ1) is 9.88. The summed E-state index contributed by atoms with van der Waals surface area (Å²) in [4.78, 5) is 27.5. The number of hydrogen-bond acceptors (Lipinski definition) is 5. The van der Waals surface area contributed by atoms with Crippen LogP contribution in [0.3, 0.4) is 0 Å². The number of carbonyl (C=O) groups excluding carboxylic acids is 2. The van der Waals surface area contributed by atoms with Gasteiger partial charge in [-0.1, -0.05) is 18.7 Å². The SMILES string of the molecule is CCC(C)NC(=O)CSc1nc(C)c(C(C)=O)cc1C#N. The predicted octanol–water partition coefficient (Wildman–Crippen LogP) is 2.47. The number of nitrogens with one attached hydrogen (secondary N) is 1. The van der Waals surface area contributed by atoms with Gasteiger partial charge in [0.1, 0.15) is 11.1 Å². The van der Waals surface area contributed by atoms with Gasteiger partial charge in [-0.25, -0.2) is 4.98 Å². The molecule has 0 aromatic carbocycles. The van der Waals surface area contributed by atoms with Crippen LogP contribution in [0.5, 0.6) is 0 Å². The van der Waals surface area contributed by atoms with E-state index in [-0.39, 0.29) is 23.5 Å². The van der Waals surface area contributed by atoms with Gasteiger partial charge in [0.2, 0.25) is 5.91 Å². The second-order valence-corrected chi connectivity index (χ2v) is 5.77.